The summed E-state index contributed by atoms with van der Waals surface area (Å²) in [7, 11) is 4.87. The average Bonchev–Trinajstić information content (AvgIpc) is 2.86. The van der Waals surface area contributed by atoms with Gasteiger partial charge in [-0.15, -0.1) is 0 Å². The fourth-order valence-corrected chi connectivity index (χ4v) is 4.45. The van der Waals surface area contributed by atoms with E-state index in [1.165, 1.54) is 7.11 Å². The maximum Gasteiger partial charge on any atom is 0.323 e. The summed E-state index contributed by atoms with van der Waals surface area (Å²) in [6.45, 7) is 0.251. The van der Waals surface area contributed by atoms with Gasteiger partial charge in [-0.3, -0.25) is 9.59 Å². The number of rotatable bonds is 5. The van der Waals surface area contributed by atoms with Gasteiger partial charge in [-0.05, 0) is 43.2 Å². The summed E-state index contributed by atoms with van der Waals surface area (Å²) in [4.78, 5) is 39.3. The molecule has 0 aromatic heterocycles. The van der Waals surface area contributed by atoms with Crippen molar-refractivity contribution in [1.82, 2.24) is 10.2 Å². The zero-order valence-electron chi connectivity index (χ0n) is 20.0. The molecule has 35 heavy (non-hydrogen) atoms. The first-order valence-corrected chi connectivity index (χ1v) is 11.5. The van der Waals surface area contributed by atoms with E-state index < -0.39 is 6.03 Å². The van der Waals surface area contributed by atoms with Crippen molar-refractivity contribution < 1.29 is 28.6 Å². The Morgan fingerprint density at radius 1 is 1.14 bits per heavy atom. The van der Waals surface area contributed by atoms with Crippen LogP contribution >= 0.6 is 0 Å². The summed E-state index contributed by atoms with van der Waals surface area (Å²) in [5.41, 5.74) is 1.33. The zero-order valence-corrected chi connectivity index (χ0v) is 20.0. The number of amides is 4. The van der Waals surface area contributed by atoms with Crippen LogP contribution in [0.1, 0.15) is 29.6 Å². The molecule has 10 nitrogen and oxygen atoms in total. The van der Waals surface area contributed by atoms with Gasteiger partial charge in [0.2, 0.25) is 5.91 Å². The lowest BCUT2D eigenvalue weighted by Crippen LogP contribution is -2.53. The van der Waals surface area contributed by atoms with Crippen LogP contribution in [0.4, 0.5) is 16.2 Å². The number of ether oxygens (including phenoxy) is 3. The monoisotopic (exact) mass is 482 g/mol. The number of hydrogen-bond acceptors (Lipinski definition) is 6. The van der Waals surface area contributed by atoms with Gasteiger partial charge in [-0.2, -0.15) is 0 Å². The number of carbonyl (C=O) groups is 3. The number of anilines is 2. The normalized spacial score (nSPS) is 21.4. The number of urea groups is 1. The summed E-state index contributed by atoms with van der Waals surface area (Å²) in [5, 5.41) is 8.12. The standard InChI is InChI=1S/C25H30N4O6/c1-26-23(30)13-16-9-10-19-22(35-16)14-34-20-11-8-15(12-17(20)24(31)29(19)2)27-25(32)28-18-6-4-5-7-21(18)33-3/h4-8,11-12,16,19,22H,9-10,13-14H2,1-3H3,(H,26,30)(H2,27,28,32)/t16-,19-,22+/m0/s1. The van der Waals surface area contributed by atoms with Crippen LogP contribution in [0.25, 0.3) is 0 Å². The summed E-state index contributed by atoms with van der Waals surface area (Å²) in [6, 6.07) is 11.4. The topological polar surface area (TPSA) is 118 Å². The molecular formula is C25H30N4O6. The lowest BCUT2D eigenvalue weighted by Gasteiger charge is -2.42. The molecule has 2 aliphatic heterocycles. The van der Waals surface area contributed by atoms with Crippen LogP contribution < -0.4 is 25.4 Å². The second-order valence-corrected chi connectivity index (χ2v) is 8.54. The number of nitrogens with zero attached hydrogens (tertiary/aromatic N) is 1. The third-order valence-corrected chi connectivity index (χ3v) is 6.32. The molecule has 1 fully saturated rings. The third kappa shape index (κ3) is 5.48. The molecule has 0 saturated carbocycles. The Morgan fingerprint density at radius 2 is 1.94 bits per heavy atom. The highest BCUT2D eigenvalue weighted by molar-refractivity contribution is 6.03. The summed E-state index contributed by atoms with van der Waals surface area (Å²) < 4.78 is 17.4. The first-order valence-electron chi connectivity index (χ1n) is 11.5. The number of hydrogen-bond donors (Lipinski definition) is 3. The van der Waals surface area contributed by atoms with E-state index in [4.69, 9.17) is 14.2 Å². The summed E-state index contributed by atoms with van der Waals surface area (Å²) in [6.07, 6.45) is 1.09. The lowest BCUT2D eigenvalue weighted by atomic mass is 9.94. The molecule has 4 rings (SSSR count). The van der Waals surface area contributed by atoms with Crippen molar-refractivity contribution in [2.24, 2.45) is 0 Å². The molecule has 3 atom stereocenters. The molecule has 0 radical (unpaired) electrons. The van der Waals surface area contributed by atoms with Crippen LogP contribution in [0.2, 0.25) is 0 Å². The van der Waals surface area contributed by atoms with Crippen molar-refractivity contribution in [2.75, 3.05) is 38.4 Å². The predicted molar refractivity (Wildman–Crippen MR) is 130 cm³/mol. The smallest absolute Gasteiger partial charge is 0.323 e. The van der Waals surface area contributed by atoms with E-state index >= 15 is 0 Å². The number of para-hydroxylation sites is 2. The fourth-order valence-electron chi connectivity index (χ4n) is 4.45. The number of benzene rings is 2. The second-order valence-electron chi connectivity index (χ2n) is 8.54. The van der Waals surface area contributed by atoms with Gasteiger partial charge in [0, 0.05) is 19.8 Å². The van der Waals surface area contributed by atoms with E-state index in [0.29, 0.717) is 41.3 Å². The third-order valence-electron chi connectivity index (χ3n) is 6.32. The van der Waals surface area contributed by atoms with Crippen LogP contribution in [0, 0.1) is 0 Å². The van der Waals surface area contributed by atoms with Crippen molar-refractivity contribution in [3.8, 4) is 11.5 Å². The Hall–Kier alpha value is -3.79. The van der Waals surface area contributed by atoms with Crippen LogP contribution in [0.15, 0.2) is 42.5 Å². The van der Waals surface area contributed by atoms with Gasteiger partial charge >= 0.3 is 6.03 Å². The van der Waals surface area contributed by atoms with E-state index in [2.05, 4.69) is 16.0 Å². The van der Waals surface area contributed by atoms with Crippen molar-refractivity contribution in [1.29, 1.82) is 0 Å². The molecule has 0 unspecified atom stereocenters. The molecule has 2 aromatic carbocycles. The minimum atomic E-state index is -0.468. The lowest BCUT2D eigenvalue weighted by molar-refractivity contribution is -0.133. The van der Waals surface area contributed by atoms with Gasteiger partial charge in [0.1, 0.15) is 24.2 Å². The van der Waals surface area contributed by atoms with E-state index in [1.807, 2.05) is 6.07 Å². The molecule has 1 saturated heterocycles. The van der Waals surface area contributed by atoms with Gasteiger partial charge in [-0.25, -0.2) is 4.79 Å². The molecule has 4 amide bonds. The minimum Gasteiger partial charge on any atom is -0.495 e. The first-order chi connectivity index (χ1) is 16.9. The Labute approximate surface area is 203 Å². The zero-order chi connectivity index (χ0) is 24.9. The fraction of sp³-hybridized carbons (Fsp3) is 0.400. The molecule has 0 aliphatic carbocycles. The second kappa shape index (κ2) is 10.6. The quantitative estimate of drug-likeness (QED) is 0.603. The van der Waals surface area contributed by atoms with Crippen molar-refractivity contribution in [3.05, 3.63) is 48.0 Å². The van der Waals surface area contributed by atoms with Crippen LogP contribution in [0.5, 0.6) is 11.5 Å². The minimum absolute atomic E-state index is 0.0789. The highest BCUT2D eigenvalue weighted by atomic mass is 16.5. The van der Waals surface area contributed by atoms with Crippen molar-refractivity contribution >= 4 is 29.2 Å². The Bertz CT molecular complexity index is 1110. The van der Waals surface area contributed by atoms with E-state index in [9.17, 15) is 14.4 Å². The SMILES string of the molecule is CNC(=O)C[C@@H]1CC[C@H]2[C@@H](COc3ccc(NC(=O)Nc4ccccc4OC)cc3C(=O)N2C)O1. The van der Waals surface area contributed by atoms with Crippen LogP contribution in [-0.4, -0.2) is 68.8 Å². The van der Waals surface area contributed by atoms with E-state index in [1.54, 1.807) is 55.4 Å². The van der Waals surface area contributed by atoms with Crippen LogP contribution in [-0.2, 0) is 9.53 Å². The van der Waals surface area contributed by atoms with Crippen LogP contribution in [0.3, 0.4) is 0 Å². The molecule has 2 heterocycles. The number of methoxy groups -OCH3 is 1. The Balaban J connectivity index is 1.47. The summed E-state index contributed by atoms with van der Waals surface area (Å²) in [5.74, 6) is 0.641. The first kappa shape index (κ1) is 24.3. The molecular weight excluding hydrogens is 452 g/mol. The molecule has 186 valence electrons. The maximum atomic E-state index is 13.3. The number of carbonyl (C=O) groups excluding carboxylic acids is 3. The van der Waals surface area contributed by atoms with Gasteiger partial charge in [0.25, 0.3) is 5.91 Å². The van der Waals surface area contributed by atoms with Crippen molar-refractivity contribution in [2.45, 2.75) is 37.5 Å². The number of likely N-dealkylation sites (N-methyl/N-ethyl adjacent to an activating group) is 1. The average molecular weight is 483 g/mol. The van der Waals surface area contributed by atoms with Crippen molar-refractivity contribution in [3.63, 3.8) is 0 Å². The van der Waals surface area contributed by atoms with E-state index in [0.717, 1.165) is 0 Å². The van der Waals surface area contributed by atoms with Gasteiger partial charge < -0.3 is 35.1 Å². The number of fused-ring (bicyclic) bond motifs is 2. The van der Waals surface area contributed by atoms with Gasteiger partial charge in [0.15, 0.2) is 0 Å². The largest absolute Gasteiger partial charge is 0.495 e. The molecule has 10 heteroatoms. The van der Waals surface area contributed by atoms with Gasteiger partial charge in [-0.1, -0.05) is 12.1 Å². The molecule has 0 bridgehead atoms. The van der Waals surface area contributed by atoms with Gasteiger partial charge in [0.05, 0.1) is 36.9 Å². The Morgan fingerprint density at radius 3 is 2.71 bits per heavy atom. The molecule has 2 aromatic rings. The Kier molecular flexibility index (Phi) is 7.40. The van der Waals surface area contributed by atoms with E-state index in [-0.39, 0.29) is 43.1 Å². The molecule has 2 aliphatic rings. The predicted octanol–water partition coefficient (Wildman–Crippen LogP) is 2.86. The maximum absolute atomic E-state index is 13.3. The highest BCUT2D eigenvalue weighted by Gasteiger charge is 2.39. The molecule has 3 N–H and O–H groups in total. The summed E-state index contributed by atoms with van der Waals surface area (Å²) >= 11 is 0. The molecule has 0 spiro atoms. The highest BCUT2D eigenvalue weighted by Crippen LogP contribution is 2.32. The number of nitrogens with one attached hydrogen (secondary N) is 3.